The van der Waals surface area contributed by atoms with Crippen molar-refractivity contribution in [2.45, 2.75) is 18.8 Å². The third-order valence-corrected chi connectivity index (χ3v) is 5.64. The van der Waals surface area contributed by atoms with Crippen molar-refractivity contribution in [3.8, 4) is 0 Å². The molecule has 170 valence electrons. The highest BCUT2D eigenvalue weighted by molar-refractivity contribution is 6.15. The van der Waals surface area contributed by atoms with Crippen LogP contribution in [-0.2, 0) is 0 Å². The van der Waals surface area contributed by atoms with Crippen molar-refractivity contribution in [1.29, 1.82) is 0 Å². The molecule has 1 N–H and O–H groups in total. The van der Waals surface area contributed by atoms with E-state index in [-0.39, 0.29) is 39.5 Å². The van der Waals surface area contributed by atoms with Crippen LogP contribution in [0.15, 0.2) is 59.2 Å². The zero-order chi connectivity index (χ0) is 24.0. The molecule has 11 heteroatoms. The van der Waals surface area contributed by atoms with Gasteiger partial charge in [-0.05, 0) is 83.2 Å². The minimum atomic E-state index is -1.14. The number of nitro benzene ring substituents is 1. The number of carboxylic acid groups (broad SMARTS) is 1. The molecule has 0 radical (unpaired) electrons. The number of fused-ring (bicyclic) bond motifs is 1. The number of carbonyl (C=O) groups excluding carboxylic acids is 1. The van der Waals surface area contributed by atoms with Gasteiger partial charge in [0.2, 0.25) is 5.52 Å². The van der Waals surface area contributed by atoms with Crippen molar-refractivity contribution < 1.29 is 28.6 Å². The zero-order valence-corrected chi connectivity index (χ0v) is 17.3. The zero-order valence-electron chi connectivity index (χ0n) is 17.3. The summed E-state index contributed by atoms with van der Waals surface area (Å²) in [6, 6.07) is 11.9. The number of nitro groups is 1. The van der Waals surface area contributed by atoms with Gasteiger partial charge in [-0.1, -0.05) is 0 Å². The molecule has 3 aromatic carbocycles. The van der Waals surface area contributed by atoms with Crippen LogP contribution in [0.25, 0.3) is 11.0 Å². The first-order chi connectivity index (χ1) is 16.3. The molecule has 1 aromatic heterocycles. The molecule has 4 aromatic rings. The molecule has 0 saturated heterocycles. The van der Waals surface area contributed by atoms with E-state index in [1.165, 1.54) is 59.5 Å². The van der Waals surface area contributed by atoms with Crippen LogP contribution < -0.4 is 4.90 Å². The van der Waals surface area contributed by atoms with Gasteiger partial charge in [0.25, 0.3) is 5.91 Å². The van der Waals surface area contributed by atoms with Crippen LogP contribution in [0.1, 0.15) is 45.0 Å². The van der Waals surface area contributed by atoms with Gasteiger partial charge in [0.15, 0.2) is 5.52 Å². The first-order valence-corrected chi connectivity index (χ1v) is 10.2. The van der Waals surface area contributed by atoms with Gasteiger partial charge in [-0.3, -0.25) is 19.8 Å². The molecule has 0 aliphatic heterocycles. The summed E-state index contributed by atoms with van der Waals surface area (Å²) in [7, 11) is 0. The fraction of sp³-hybridized carbons (Fsp3) is 0.130. The van der Waals surface area contributed by atoms with E-state index < -0.39 is 22.6 Å². The van der Waals surface area contributed by atoms with Crippen molar-refractivity contribution in [1.82, 2.24) is 10.3 Å². The number of amides is 1. The van der Waals surface area contributed by atoms with Crippen molar-refractivity contribution in [3.63, 3.8) is 0 Å². The van der Waals surface area contributed by atoms with Gasteiger partial charge in [0.1, 0.15) is 5.82 Å². The second-order valence-corrected chi connectivity index (χ2v) is 7.82. The standard InChI is InChI=1S/C23H15FN4O6/c24-15-7-8-17(16(11-15)12-1-2-12)27(22(29)13-3-5-14(6-4-13)23(30)31)18-9-10-19(28(32)33)21-20(18)25-34-26-21/h3-12H,1-2H2,(H,30,31). The molecule has 1 amide bonds. The summed E-state index contributed by atoms with van der Waals surface area (Å²) in [5.41, 5.74) is 0.795. The lowest BCUT2D eigenvalue weighted by Crippen LogP contribution is -2.27. The van der Waals surface area contributed by atoms with E-state index in [1.54, 1.807) is 0 Å². The molecule has 0 spiro atoms. The molecule has 1 aliphatic rings. The number of rotatable bonds is 6. The quantitative estimate of drug-likeness (QED) is 0.318. The maximum atomic E-state index is 14.1. The van der Waals surface area contributed by atoms with E-state index >= 15 is 0 Å². The number of carboxylic acids is 1. The van der Waals surface area contributed by atoms with Crippen LogP contribution in [0.3, 0.4) is 0 Å². The predicted octanol–water partition coefficient (Wildman–Crippen LogP) is 4.82. The SMILES string of the molecule is O=C(O)c1ccc(C(=O)N(c2ccc(F)cc2C2CC2)c2ccc([N+](=O)[O-])c3nonc23)cc1. The fourth-order valence-electron chi connectivity index (χ4n) is 3.85. The summed E-state index contributed by atoms with van der Waals surface area (Å²) in [6.45, 7) is 0. The molecule has 5 rings (SSSR count). The summed E-state index contributed by atoms with van der Waals surface area (Å²) in [5.74, 6) is -2.11. The van der Waals surface area contributed by atoms with Crippen LogP contribution in [-0.4, -0.2) is 32.2 Å². The third kappa shape index (κ3) is 3.62. The van der Waals surface area contributed by atoms with Crippen LogP contribution in [0.5, 0.6) is 0 Å². The highest BCUT2D eigenvalue weighted by Crippen LogP contribution is 2.47. The number of benzene rings is 3. The molecule has 0 atom stereocenters. The summed E-state index contributed by atoms with van der Waals surface area (Å²) < 4.78 is 18.9. The van der Waals surface area contributed by atoms with Gasteiger partial charge in [-0.15, -0.1) is 0 Å². The predicted molar refractivity (Wildman–Crippen MR) is 117 cm³/mol. The maximum Gasteiger partial charge on any atom is 0.335 e. The van der Waals surface area contributed by atoms with E-state index in [0.717, 1.165) is 12.8 Å². The summed E-state index contributed by atoms with van der Waals surface area (Å²) in [6.07, 6.45) is 1.65. The van der Waals surface area contributed by atoms with E-state index in [4.69, 9.17) is 9.74 Å². The Morgan fingerprint density at radius 3 is 2.29 bits per heavy atom. The number of anilines is 2. The van der Waals surface area contributed by atoms with Crippen molar-refractivity contribution in [2.24, 2.45) is 0 Å². The second kappa shape index (κ2) is 8.03. The number of hydrogen-bond donors (Lipinski definition) is 1. The van der Waals surface area contributed by atoms with Gasteiger partial charge in [0.05, 0.1) is 21.9 Å². The van der Waals surface area contributed by atoms with Crippen LogP contribution in [0, 0.1) is 15.9 Å². The Morgan fingerprint density at radius 2 is 1.65 bits per heavy atom. The Kier molecular flexibility index (Phi) is 5.01. The third-order valence-electron chi connectivity index (χ3n) is 5.64. The maximum absolute atomic E-state index is 14.1. The molecule has 0 bridgehead atoms. The van der Waals surface area contributed by atoms with Crippen molar-refractivity contribution in [3.05, 3.63) is 87.2 Å². The molecule has 1 heterocycles. The Labute approximate surface area is 190 Å². The monoisotopic (exact) mass is 462 g/mol. The second-order valence-electron chi connectivity index (χ2n) is 7.82. The molecular weight excluding hydrogens is 447 g/mol. The topological polar surface area (TPSA) is 140 Å². The van der Waals surface area contributed by atoms with Crippen LogP contribution in [0.4, 0.5) is 21.5 Å². The van der Waals surface area contributed by atoms with E-state index in [2.05, 4.69) is 10.3 Å². The number of nitrogens with zero attached hydrogens (tertiary/aromatic N) is 4. The van der Waals surface area contributed by atoms with Gasteiger partial charge >= 0.3 is 11.7 Å². The number of halogens is 1. The van der Waals surface area contributed by atoms with Gasteiger partial charge in [-0.25, -0.2) is 13.8 Å². The lowest BCUT2D eigenvalue weighted by Gasteiger charge is -2.26. The average molecular weight is 462 g/mol. The number of carbonyl (C=O) groups is 2. The molecule has 10 nitrogen and oxygen atoms in total. The number of aromatic nitrogens is 2. The highest BCUT2D eigenvalue weighted by Gasteiger charge is 2.33. The first kappa shape index (κ1) is 21.2. The lowest BCUT2D eigenvalue weighted by molar-refractivity contribution is -0.383. The number of non-ortho nitro benzene ring substituents is 1. The Bertz CT molecular complexity index is 1460. The first-order valence-electron chi connectivity index (χ1n) is 10.2. The van der Waals surface area contributed by atoms with E-state index in [0.29, 0.717) is 11.3 Å². The molecule has 34 heavy (non-hydrogen) atoms. The van der Waals surface area contributed by atoms with Gasteiger partial charge < -0.3 is 5.11 Å². The van der Waals surface area contributed by atoms with Gasteiger partial charge in [-0.2, -0.15) is 0 Å². The summed E-state index contributed by atoms with van der Waals surface area (Å²) in [5, 5.41) is 28.0. The van der Waals surface area contributed by atoms with E-state index in [1.807, 2.05) is 0 Å². The fourth-order valence-corrected chi connectivity index (χ4v) is 3.85. The normalized spacial score (nSPS) is 13.1. The molecule has 1 saturated carbocycles. The minimum absolute atomic E-state index is 0.00183. The van der Waals surface area contributed by atoms with Crippen molar-refractivity contribution in [2.75, 3.05) is 4.90 Å². The van der Waals surface area contributed by atoms with Crippen LogP contribution >= 0.6 is 0 Å². The molecular formula is C23H15FN4O6. The minimum Gasteiger partial charge on any atom is -0.478 e. The Hall–Kier alpha value is -4.67. The van der Waals surface area contributed by atoms with Gasteiger partial charge in [0, 0.05) is 11.6 Å². The Balaban J connectivity index is 1.72. The summed E-state index contributed by atoms with van der Waals surface area (Å²) in [4.78, 5) is 37.0. The average Bonchev–Trinajstić information content (AvgIpc) is 3.55. The lowest BCUT2D eigenvalue weighted by atomic mass is 10.0. The molecule has 1 fully saturated rings. The largest absolute Gasteiger partial charge is 0.478 e. The smallest absolute Gasteiger partial charge is 0.335 e. The Morgan fingerprint density at radius 1 is 1.00 bits per heavy atom. The van der Waals surface area contributed by atoms with Crippen LogP contribution in [0.2, 0.25) is 0 Å². The number of aromatic carboxylic acids is 1. The highest BCUT2D eigenvalue weighted by atomic mass is 19.1. The molecule has 1 aliphatic carbocycles. The summed E-state index contributed by atoms with van der Waals surface area (Å²) >= 11 is 0. The number of hydrogen-bond acceptors (Lipinski definition) is 7. The molecule has 0 unspecified atom stereocenters. The van der Waals surface area contributed by atoms with E-state index in [9.17, 15) is 24.1 Å². The van der Waals surface area contributed by atoms with Crippen molar-refractivity contribution >= 4 is 40.0 Å².